The average molecular weight is 181 g/mol. The summed E-state index contributed by atoms with van der Waals surface area (Å²) < 4.78 is 0. The molecule has 0 aliphatic heterocycles. The van der Waals surface area contributed by atoms with Crippen molar-refractivity contribution in [2.24, 2.45) is 0 Å². The van der Waals surface area contributed by atoms with Crippen molar-refractivity contribution >= 4 is 5.82 Å². The number of nitrogens with two attached hydrogens (primary N) is 1. The van der Waals surface area contributed by atoms with Crippen molar-refractivity contribution in [3.8, 4) is 0 Å². The number of aromatic amines is 1. The lowest BCUT2D eigenvalue weighted by Gasteiger charge is -2.09. The summed E-state index contributed by atoms with van der Waals surface area (Å²) >= 11 is 0. The van der Waals surface area contributed by atoms with Gasteiger partial charge in [-0.15, -0.1) is 0 Å². The summed E-state index contributed by atoms with van der Waals surface area (Å²) in [4.78, 5) is 0. The lowest BCUT2D eigenvalue weighted by Crippen LogP contribution is -2.01. The van der Waals surface area contributed by atoms with Crippen LogP contribution < -0.4 is 5.73 Å². The molecule has 1 rings (SSSR count). The lowest BCUT2D eigenvalue weighted by molar-refractivity contribution is 0.178. The Bertz CT molecular complexity index is 293. The van der Waals surface area contributed by atoms with Gasteiger partial charge in [0.25, 0.3) is 0 Å². The molecule has 72 valence electrons. The van der Waals surface area contributed by atoms with E-state index in [9.17, 15) is 5.11 Å². The Kier molecular flexibility index (Phi) is 3.08. The molecule has 0 aliphatic rings. The molecule has 1 aromatic heterocycles. The van der Waals surface area contributed by atoms with E-state index in [4.69, 9.17) is 5.73 Å². The Morgan fingerprint density at radius 3 is 3.00 bits per heavy atom. The zero-order valence-electron chi connectivity index (χ0n) is 7.75. The molecule has 4 heteroatoms. The number of hydrogen-bond acceptors (Lipinski definition) is 3. The highest BCUT2D eigenvalue weighted by molar-refractivity contribution is 5.38. The Morgan fingerprint density at radius 2 is 2.54 bits per heavy atom. The van der Waals surface area contributed by atoms with Crippen molar-refractivity contribution in [3.63, 3.8) is 0 Å². The summed E-state index contributed by atoms with van der Waals surface area (Å²) in [6, 6.07) is 0. The number of rotatable bonds is 4. The monoisotopic (exact) mass is 181 g/mol. The van der Waals surface area contributed by atoms with Gasteiger partial charge in [0.2, 0.25) is 0 Å². The molecule has 0 aromatic carbocycles. The van der Waals surface area contributed by atoms with Gasteiger partial charge in [-0.2, -0.15) is 5.10 Å². The molecule has 0 amide bonds. The van der Waals surface area contributed by atoms with Gasteiger partial charge in [-0.25, -0.2) is 0 Å². The molecule has 0 fully saturated rings. The number of nitrogen functional groups attached to an aromatic ring is 1. The first-order valence-electron chi connectivity index (χ1n) is 4.28. The number of anilines is 1. The van der Waals surface area contributed by atoms with Gasteiger partial charge in [-0.05, 0) is 12.8 Å². The summed E-state index contributed by atoms with van der Waals surface area (Å²) in [7, 11) is 0. The molecular formula is C9H15N3O. The maximum atomic E-state index is 9.69. The number of aliphatic hydroxyl groups excluding tert-OH is 1. The van der Waals surface area contributed by atoms with Gasteiger partial charge in [0, 0.05) is 5.56 Å². The molecule has 0 spiro atoms. The van der Waals surface area contributed by atoms with E-state index in [0.29, 0.717) is 17.8 Å². The molecular weight excluding hydrogens is 166 g/mol. The van der Waals surface area contributed by atoms with Crippen molar-refractivity contribution in [2.75, 3.05) is 5.73 Å². The van der Waals surface area contributed by atoms with Crippen LogP contribution in [0.15, 0.2) is 18.3 Å². The maximum absolute atomic E-state index is 9.69. The molecule has 0 radical (unpaired) electrons. The van der Waals surface area contributed by atoms with E-state index < -0.39 is 6.10 Å². The topological polar surface area (TPSA) is 74.9 Å². The molecule has 13 heavy (non-hydrogen) atoms. The quantitative estimate of drug-likeness (QED) is 0.614. The second kappa shape index (κ2) is 4.09. The van der Waals surface area contributed by atoms with Crippen molar-refractivity contribution in [1.29, 1.82) is 0 Å². The second-order valence-corrected chi connectivity index (χ2v) is 3.06. The van der Waals surface area contributed by atoms with Crippen molar-refractivity contribution in [2.45, 2.75) is 25.9 Å². The van der Waals surface area contributed by atoms with Crippen LogP contribution in [-0.2, 0) is 0 Å². The minimum atomic E-state index is -0.591. The fourth-order valence-corrected chi connectivity index (χ4v) is 1.10. The van der Waals surface area contributed by atoms with E-state index >= 15 is 0 Å². The predicted octanol–water partition coefficient (Wildman–Crippen LogP) is 1.38. The molecule has 1 heterocycles. The van der Waals surface area contributed by atoms with Crippen LogP contribution in [0.25, 0.3) is 0 Å². The van der Waals surface area contributed by atoms with Crippen LogP contribution in [0.5, 0.6) is 0 Å². The number of H-pyrrole nitrogens is 1. The fourth-order valence-electron chi connectivity index (χ4n) is 1.10. The van der Waals surface area contributed by atoms with Gasteiger partial charge in [0.15, 0.2) is 0 Å². The van der Waals surface area contributed by atoms with E-state index in [1.807, 2.05) is 6.92 Å². The Hall–Kier alpha value is -1.29. The van der Waals surface area contributed by atoms with Crippen LogP contribution in [0.3, 0.4) is 0 Å². The van der Waals surface area contributed by atoms with Crippen LogP contribution >= 0.6 is 0 Å². The smallest absolute Gasteiger partial charge is 0.124 e. The zero-order chi connectivity index (χ0) is 9.84. The first-order valence-corrected chi connectivity index (χ1v) is 4.28. The Labute approximate surface area is 77.5 Å². The van der Waals surface area contributed by atoms with Crippen molar-refractivity contribution in [1.82, 2.24) is 10.2 Å². The molecule has 0 bridgehead atoms. The lowest BCUT2D eigenvalue weighted by atomic mass is 10.0. The van der Waals surface area contributed by atoms with Gasteiger partial charge in [0.1, 0.15) is 5.82 Å². The normalized spacial score (nSPS) is 12.8. The third-order valence-electron chi connectivity index (χ3n) is 2.04. The van der Waals surface area contributed by atoms with Gasteiger partial charge in [0.05, 0.1) is 12.3 Å². The van der Waals surface area contributed by atoms with Gasteiger partial charge in [-0.1, -0.05) is 19.1 Å². The van der Waals surface area contributed by atoms with Gasteiger partial charge in [-0.3, -0.25) is 5.10 Å². The van der Waals surface area contributed by atoms with E-state index in [2.05, 4.69) is 16.8 Å². The molecule has 0 aliphatic carbocycles. The molecule has 1 unspecified atom stereocenters. The zero-order valence-corrected chi connectivity index (χ0v) is 7.75. The largest absolute Gasteiger partial charge is 0.388 e. The first-order chi connectivity index (χ1) is 6.15. The number of nitrogens with zero attached hydrogens (tertiary/aromatic N) is 1. The first kappa shape index (κ1) is 9.80. The van der Waals surface area contributed by atoms with Crippen LogP contribution in [0.2, 0.25) is 0 Å². The number of aliphatic hydroxyl groups is 1. The fraction of sp³-hybridized carbons (Fsp3) is 0.444. The maximum Gasteiger partial charge on any atom is 0.124 e. The van der Waals surface area contributed by atoms with E-state index in [0.717, 1.165) is 12.0 Å². The highest BCUT2D eigenvalue weighted by atomic mass is 16.3. The highest BCUT2D eigenvalue weighted by Gasteiger charge is 2.12. The predicted molar refractivity (Wildman–Crippen MR) is 52.0 cm³/mol. The molecule has 1 atom stereocenters. The summed E-state index contributed by atoms with van der Waals surface area (Å²) in [6.45, 7) is 5.83. The van der Waals surface area contributed by atoms with E-state index in [1.165, 1.54) is 0 Å². The summed E-state index contributed by atoms with van der Waals surface area (Å²) in [5, 5.41) is 16.0. The van der Waals surface area contributed by atoms with Gasteiger partial charge >= 0.3 is 0 Å². The minimum Gasteiger partial charge on any atom is -0.388 e. The molecule has 0 saturated heterocycles. The number of hydrogen-bond donors (Lipinski definition) is 3. The molecule has 4 N–H and O–H groups in total. The highest BCUT2D eigenvalue weighted by Crippen LogP contribution is 2.24. The molecule has 1 aromatic rings. The summed E-state index contributed by atoms with van der Waals surface area (Å²) in [6.07, 6.45) is 2.36. The Balaban J connectivity index is 2.63. The van der Waals surface area contributed by atoms with Crippen molar-refractivity contribution in [3.05, 3.63) is 23.9 Å². The van der Waals surface area contributed by atoms with Gasteiger partial charge < -0.3 is 10.8 Å². The van der Waals surface area contributed by atoms with E-state index in [-0.39, 0.29) is 0 Å². The second-order valence-electron chi connectivity index (χ2n) is 3.06. The summed E-state index contributed by atoms with van der Waals surface area (Å²) in [5.74, 6) is 0.427. The van der Waals surface area contributed by atoms with Crippen LogP contribution in [-0.4, -0.2) is 15.3 Å². The third kappa shape index (κ3) is 2.32. The van der Waals surface area contributed by atoms with Crippen LogP contribution in [0.1, 0.15) is 31.4 Å². The standard InChI is InChI=1S/C9H15N3O/c1-3-6(2)4-8(13)7-5-11-12-9(7)10/h5,8,13H,2-4H2,1H3,(H3,10,11,12). The van der Waals surface area contributed by atoms with E-state index in [1.54, 1.807) is 6.20 Å². The minimum absolute atomic E-state index is 0.427. The summed E-state index contributed by atoms with van der Waals surface area (Å²) in [5.41, 5.74) is 7.21. The SMILES string of the molecule is C=C(CC)CC(O)c1cn[nH]c1N. The van der Waals surface area contributed by atoms with Crippen LogP contribution in [0.4, 0.5) is 5.82 Å². The molecule has 0 saturated carbocycles. The number of nitrogens with one attached hydrogen (secondary N) is 1. The Morgan fingerprint density at radius 1 is 1.85 bits per heavy atom. The van der Waals surface area contributed by atoms with Crippen LogP contribution in [0, 0.1) is 0 Å². The average Bonchev–Trinajstić information content (AvgIpc) is 2.51. The number of aromatic nitrogens is 2. The third-order valence-corrected chi connectivity index (χ3v) is 2.04. The van der Waals surface area contributed by atoms with Crippen molar-refractivity contribution < 1.29 is 5.11 Å². The molecule has 4 nitrogen and oxygen atoms in total.